The van der Waals surface area contributed by atoms with Crippen LogP contribution in [0.2, 0.25) is 0 Å². The van der Waals surface area contributed by atoms with Crippen LogP contribution in [-0.2, 0) is 20.5 Å². The lowest BCUT2D eigenvalue weighted by Crippen LogP contribution is -2.45. The topological polar surface area (TPSA) is 67.4 Å². The number of alkyl halides is 3. The first-order valence-electron chi connectivity index (χ1n) is 12.6. The minimum atomic E-state index is -4.69. The van der Waals surface area contributed by atoms with Crippen LogP contribution in [0.3, 0.4) is 0 Å². The molecule has 0 aromatic heterocycles. The molecular formula is C29H35F5N2O3. The number of hydrogen-bond acceptors (Lipinski definition) is 4. The molecule has 2 rings (SSSR count). The second-order valence-electron chi connectivity index (χ2n) is 9.83. The third-order valence-electron chi connectivity index (χ3n) is 6.35. The highest BCUT2D eigenvalue weighted by Crippen LogP contribution is 2.41. The predicted octanol–water partition coefficient (Wildman–Crippen LogP) is 6.83. The van der Waals surface area contributed by atoms with Crippen LogP contribution in [-0.4, -0.2) is 24.5 Å². The van der Waals surface area contributed by atoms with Crippen molar-refractivity contribution in [2.24, 2.45) is 5.92 Å². The zero-order valence-electron chi connectivity index (χ0n) is 23.0. The van der Waals surface area contributed by atoms with Gasteiger partial charge in [0.1, 0.15) is 17.7 Å². The molecule has 1 unspecified atom stereocenters. The van der Waals surface area contributed by atoms with Gasteiger partial charge in [-0.25, -0.2) is 8.78 Å². The number of rotatable bonds is 11. The van der Waals surface area contributed by atoms with Gasteiger partial charge in [-0.1, -0.05) is 26.5 Å². The van der Waals surface area contributed by atoms with Gasteiger partial charge >= 0.3 is 12.1 Å². The van der Waals surface area contributed by atoms with Crippen molar-refractivity contribution in [2.45, 2.75) is 72.6 Å². The molecule has 214 valence electrons. The maximum Gasteiger partial charge on any atom is 0.416 e. The van der Waals surface area contributed by atoms with E-state index in [0.717, 1.165) is 12.1 Å². The molecule has 39 heavy (non-hydrogen) atoms. The molecule has 5 nitrogen and oxygen atoms in total. The highest BCUT2D eigenvalue weighted by Gasteiger charge is 2.35. The summed E-state index contributed by atoms with van der Waals surface area (Å²) in [6.45, 7) is 13.0. The smallest absolute Gasteiger partial charge is 0.416 e. The lowest BCUT2D eigenvalue weighted by Gasteiger charge is -2.26. The van der Waals surface area contributed by atoms with Crippen LogP contribution in [0.25, 0.3) is 11.1 Å². The molecule has 0 saturated carbocycles. The van der Waals surface area contributed by atoms with Crippen LogP contribution in [0.4, 0.5) is 22.0 Å². The van der Waals surface area contributed by atoms with Crippen LogP contribution in [0.15, 0.2) is 31.0 Å². The Morgan fingerprint density at radius 2 is 1.72 bits per heavy atom. The molecule has 2 aromatic carbocycles. The van der Waals surface area contributed by atoms with Gasteiger partial charge in [-0.15, -0.1) is 0 Å². The fourth-order valence-electron chi connectivity index (χ4n) is 4.60. The molecule has 0 bridgehead atoms. The van der Waals surface area contributed by atoms with Gasteiger partial charge < -0.3 is 15.4 Å². The highest BCUT2D eigenvalue weighted by atomic mass is 19.4. The Bertz CT molecular complexity index is 1220. The molecule has 0 aliphatic heterocycles. The van der Waals surface area contributed by atoms with E-state index >= 15 is 8.78 Å². The predicted molar refractivity (Wildman–Crippen MR) is 140 cm³/mol. The van der Waals surface area contributed by atoms with Crippen LogP contribution in [0.1, 0.15) is 67.5 Å². The van der Waals surface area contributed by atoms with Gasteiger partial charge in [0.2, 0.25) is 5.91 Å². The van der Waals surface area contributed by atoms with Crippen molar-refractivity contribution >= 4 is 11.9 Å². The van der Waals surface area contributed by atoms with Crippen molar-refractivity contribution in [1.29, 1.82) is 0 Å². The number of halogens is 5. The van der Waals surface area contributed by atoms with Gasteiger partial charge in [0.15, 0.2) is 0 Å². The molecule has 0 heterocycles. The summed E-state index contributed by atoms with van der Waals surface area (Å²) in [4.78, 5) is 25.6. The summed E-state index contributed by atoms with van der Waals surface area (Å²) < 4.78 is 77.7. The first-order valence-corrected chi connectivity index (χ1v) is 12.6. The van der Waals surface area contributed by atoms with E-state index in [9.17, 15) is 22.8 Å². The zero-order valence-corrected chi connectivity index (χ0v) is 23.0. The normalized spacial score (nSPS) is 13.1. The average Bonchev–Trinajstić information content (AvgIpc) is 2.81. The number of nitrogens with one attached hydrogen (secondary N) is 2. The zero-order chi connectivity index (χ0) is 29.7. The summed E-state index contributed by atoms with van der Waals surface area (Å²) in [7, 11) is 0. The molecule has 10 heteroatoms. The second kappa shape index (κ2) is 13.1. The van der Waals surface area contributed by atoms with Crippen molar-refractivity contribution in [3.05, 3.63) is 70.4 Å². The molecule has 2 aromatic rings. The van der Waals surface area contributed by atoms with Gasteiger partial charge in [-0.3, -0.25) is 9.59 Å². The second-order valence-corrected chi connectivity index (χ2v) is 9.83. The maximum atomic E-state index is 16.2. The van der Waals surface area contributed by atoms with E-state index in [2.05, 4.69) is 17.2 Å². The van der Waals surface area contributed by atoms with Crippen LogP contribution in [0, 0.1) is 38.3 Å². The summed E-state index contributed by atoms with van der Waals surface area (Å²) >= 11 is 0. The SMILES string of the molecule is C=CNC(CC(C)C)C(=O)N[C@@H](CC(=O)OCC)c1c(F)c(C)cc(-c2c(C)ccc(C(F)(F)F)c2C)c1F. The first kappa shape index (κ1) is 31.8. The molecule has 2 atom stereocenters. The third-order valence-corrected chi connectivity index (χ3v) is 6.35. The molecule has 0 radical (unpaired) electrons. The number of ether oxygens (including phenoxy) is 1. The molecular weight excluding hydrogens is 519 g/mol. The van der Waals surface area contributed by atoms with E-state index in [4.69, 9.17) is 4.74 Å². The van der Waals surface area contributed by atoms with E-state index < -0.39 is 59.3 Å². The van der Waals surface area contributed by atoms with E-state index in [-0.39, 0.29) is 34.8 Å². The van der Waals surface area contributed by atoms with Crippen LogP contribution >= 0.6 is 0 Å². The minimum Gasteiger partial charge on any atom is -0.466 e. The monoisotopic (exact) mass is 554 g/mol. The van der Waals surface area contributed by atoms with Gasteiger partial charge in [0.25, 0.3) is 0 Å². The fourth-order valence-corrected chi connectivity index (χ4v) is 4.60. The van der Waals surface area contributed by atoms with Crippen molar-refractivity contribution in [2.75, 3.05) is 6.61 Å². The van der Waals surface area contributed by atoms with Gasteiger partial charge in [-0.2, -0.15) is 13.2 Å². The molecule has 0 aliphatic carbocycles. The van der Waals surface area contributed by atoms with Crippen molar-refractivity contribution < 1.29 is 36.3 Å². The number of hydrogen-bond donors (Lipinski definition) is 2. The van der Waals surface area contributed by atoms with Gasteiger partial charge in [0, 0.05) is 11.1 Å². The number of amides is 1. The molecule has 0 spiro atoms. The Morgan fingerprint density at radius 1 is 1.08 bits per heavy atom. The van der Waals surface area contributed by atoms with Crippen molar-refractivity contribution in [1.82, 2.24) is 10.6 Å². The van der Waals surface area contributed by atoms with E-state index in [1.165, 1.54) is 33.0 Å². The highest BCUT2D eigenvalue weighted by molar-refractivity contribution is 5.83. The number of carbonyl (C=O) groups excluding carboxylic acids is 2. The summed E-state index contributed by atoms with van der Waals surface area (Å²) in [6.07, 6.45) is -3.61. The molecule has 0 aliphatic rings. The van der Waals surface area contributed by atoms with Crippen LogP contribution < -0.4 is 10.6 Å². The molecule has 0 fully saturated rings. The van der Waals surface area contributed by atoms with E-state index in [1.54, 1.807) is 6.92 Å². The molecule has 0 saturated heterocycles. The maximum absolute atomic E-state index is 16.2. The Balaban J connectivity index is 2.76. The van der Waals surface area contributed by atoms with E-state index in [1.807, 2.05) is 13.8 Å². The molecule has 2 N–H and O–H groups in total. The van der Waals surface area contributed by atoms with Gasteiger partial charge in [-0.05, 0) is 80.6 Å². The first-order chi connectivity index (χ1) is 18.1. The number of benzene rings is 2. The summed E-state index contributed by atoms with van der Waals surface area (Å²) in [5.74, 6) is -3.57. The number of aryl methyl sites for hydroxylation is 2. The lowest BCUT2D eigenvalue weighted by atomic mass is 9.87. The summed E-state index contributed by atoms with van der Waals surface area (Å²) in [5.41, 5.74) is -1.84. The van der Waals surface area contributed by atoms with Crippen molar-refractivity contribution in [3.8, 4) is 11.1 Å². The Morgan fingerprint density at radius 3 is 2.26 bits per heavy atom. The van der Waals surface area contributed by atoms with Gasteiger partial charge in [0.05, 0.1) is 24.6 Å². The summed E-state index contributed by atoms with van der Waals surface area (Å²) in [5, 5.41) is 5.36. The quantitative estimate of drug-likeness (QED) is 0.236. The standard InChI is InChI=1S/C29H35F5N2O3/c1-8-35-22(12-15(3)4)28(38)36-21(14-23(37)39-9-2)25-26(30)17(6)13-19(27(25)31)24-16(5)10-11-20(18(24)7)29(32,33)34/h8,10-11,13,15,21-22,35H,1,9,12,14H2,2-7H3,(H,36,38)/t21-,22?/m0/s1. The number of esters is 1. The minimum absolute atomic E-state index is 0.000148. The fraction of sp³-hybridized carbons (Fsp3) is 0.448. The third kappa shape index (κ3) is 7.58. The molecule has 1 amide bonds. The Hall–Kier alpha value is -3.43. The Labute approximate surface area is 225 Å². The van der Waals surface area contributed by atoms with Crippen molar-refractivity contribution in [3.63, 3.8) is 0 Å². The largest absolute Gasteiger partial charge is 0.466 e. The number of carbonyl (C=O) groups is 2. The summed E-state index contributed by atoms with van der Waals surface area (Å²) in [6, 6.07) is 0.958. The lowest BCUT2D eigenvalue weighted by molar-refractivity contribution is -0.144. The van der Waals surface area contributed by atoms with Crippen LogP contribution in [0.5, 0.6) is 0 Å². The van der Waals surface area contributed by atoms with E-state index in [0.29, 0.717) is 12.0 Å². The average molecular weight is 555 g/mol. The Kier molecular flexibility index (Phi) is 10.7.